The van der Waals surface area contributed by atoms with E-state index in [9.17, 15) is 9.59 Å². The van der Waals surface area contributed by atoms with Crippen LogP contribution in [-0.2, 0) is 14.3 Å². The number of nitrogens with zero attached hydrogens (tertiary/aromatic N) is 2. The molecule has 1 fully saturated rings. The molecule has 0 saturated carbocycles. The Morgan fingerprint density at radius 3 is 2.55 bits per heavy atom. The van der Waals surface area contributed by atoms with Gasteiger partial charge in [0.15, 0.2) is 6.10 Å². The molecule has 31 heavy (non-hydrogen) atoms. The van der Waals surface area contributed by atoms with Gasteiger partial charge >= 0.3 is 5.97 Å². The van der Waals surface area contributed by atoms with E-state index < -0.39 is 12.1 Å². The van der Waals surface area contributed by atoms with Crippen LogP contribution in [0, 0.1) is 13.8 Å². The highest BCUT2D eigenvalue weighted by Gasteiger charge is 2.26. The largest absolute Gasteiger partial charge is 0.449 e. The molecule has 6 heteroatoms. The summed E-state index contributed by atoms with van der Waals surface area (Å²) in [5.74, 6) is -0.733. The number of aryl methyl sites for hydroxylation is 2. The van der Waals surface area contributed by atoms with Crippen LogP contribution in [0.25, 0.3) is 22.2 Å². The third-order valence-corrected chi connectivity index (χ3v) is 5.55. The van der Waals surface area contributed by atoms with Crippen molar-refractivity contribution in [3.63, 3.8) is 0 Å². The van der Waals surface area contributed by atoms with Gasteiger partial charge in [0.05, 0.1) is 30.0 Å². The molecule has 0 radical (unpaired) electrons. The highest BCUT2D eigenvalue weighted by atomic mass is 16.5. The van der Waals surface area contributed by atoms with Gasteiger partial charge in [0.25, 0.3) is 5.91 Å². The Kier molecular flexibility index (Phi) is 6.00. The molecule has 1 atom stereocenters. The molecule has 1 unspecified atom stereocenters. The second kappa shape index (κ2) is 8.86. The number of pyridine rings is 1. The SMILES string of the molecule is Cc1ccc(-c2cc(C(=O)OC(C)C(=O)N3CCOCC3)c3ccccc3n2)c(C)c1. The van der Waals surface area contributed by atoms with Crippen molar-refractivity contribution in [2.24, 2.45) is 0 Å². The van der Waals surface area contributed by atoms with Gasteiger partial charge in [0.1, 0.15) is 0 Å². The first-order chi connectivity index (χ1) is 14.9. The van der Waals surface area contributed by atoms with E-state index in [1.807, 2.05) is 50.2 Å². The second-order valence-corrected chi connectivity index (χ2v) is 7.88. The summed E-state index contributed by atoms with van der Waals surface area (Å²) >= 11 is 0. The van der Waals surface area contributed by atoms with Gasteiger partial charge in [0.2, 0.25) is 0 Å². The first-order valence-corrected chi connectivity index (χ1v) is 10.5. The van der Waals surface area contributed by atoms with Crippen LogP contribution >= 0.6 is 0 Å². The van der Waals surface area contributed by atoms with Crippen molar-refractivity contribution in [2.45, 2.75) is 26.9 Å². The molecule has 1 aliphatic rings. The van der Waals surface area contributed by atoms with Gasteiger partial charge in [-0.15, -0.1) is 0 Å². The van der Waals surface area contributed by atoms with Crippen LogP contribution in [0.5, 0.6) is 0 Å². The lowest BCUT2D eigenvalue weighted by atomic mass is 9.99. The van der Waals surface area contributed by atoms with Crippen LogP contribution < -0.4 is 0 Å². The number of fused-ring (bicyclic) bond motifs is 1. The number of hydrogen-bond donors (Lipinski definition) is 0. The number of carbonyl (C=O) groups is 2. The van der Waals surface area contributed by atoms with Crippen LogP contribution in [0.4, 0.5) is 0 Å². The van der Waals surface area contributed by atoms with E-state index in [1.54, 1.807) is 17.9 Å². The minimum Gasteiger partial charge on any atom is -0.449 e. The summed E-state index contributed by atoms with van der Waals surface area (Å²) in [4.78, 5) is 32.3. The Hall–Kier alpha value is -3.25. The zero-order valence-electron chi connectivity index (χ0n) is 18.1. The number of morpholine rings is 1. The Labute approximate surface area is 181 Å². The smallest absolute Gasteiger partial charge is 0.339 e. The molecule has 6 nitrogen and oxygen atoms in total. The molecule has 3 aromatic rings. The van der Waals surface area contributed by atoms with Crippen LogP contribution in [0.15, 0.2) is 48.5 Å². The monoisotopic (exact) mass is 418 g/mol. The maximum atomic E-state index is 13.1. The average molecular weight is 418 g/mol. The molecule has 2 aromatic carbocycles. The van der Waals surface area contributed by atoms with Crippen molar-refractivity contribution in [1.29, 1.82) is 0 Å². The Balaban J connectivity index is 1.67. The van der Waals surface area contributed by atoms with Crippen LogP contribution in [0.1, 0.15) is 28.4 Å². The molecule has 4 rings (SSSR count). The lowest BCUT2D eigenvalue weighted by Crippen LogP contribution is -2.46. The van der Waals surface area contributed by atoms with Crippen molar-refractivity contribution < 1.29 is 19.1 Å². The quantitative estimate of drug-likeness (QED) is 0.601. The van der Waals surface area contributed by atoms with E-state index in [4.69, 9.17) is 14.5 Å². The van der Waals surface area contributed by atoms with Gasteiger partial charge in [-0.25, -0.2) is 9.78 Å². The molecule has 1 saturated heterocycles. The molecule has 1 amide bonds. The van der Waals surface area contributed by atoms with Crippen molar-refractivity contribution in [3.05, 3.63) is 65.2 Å². The lowest BCUT2D eigenvalue weighted by molar-refractivity contribution is -0.143. The first-order valence-electron chi connectivity index (χ1n) is 10.5. The number of rotatable bonds is 4. The minimum absolute atomic E-state index is 0.204. The number of aromatic nitrogens is 1. The summed E-state index contributed by atoms with van der Waals surface area (Å²) in [6.45, 7) is 7.71. The molecular weight excluding hydrogens is 392 g/mol. The maximum Gasteiger partial charge on any atom is 0.339 e. The number of esters is 1. The van der Waals surface area contributed by atoms with Gasteiger partial charge < -0.3 is 14.4 Å². The summed E-state index contributed by atoms with van der Waals surface area (Å²) < 4.78 is 10.9. The Bertz CT molecular complexity index is 1140. The van der Waals surface area contributed by atoms with E-state index >= 15 is 0 Å². The fourth-order valence-electron chi connectivity index (χ4n) is 3.90. The fourth-order valence-corrected chi connectivity index (χ4v) is 3.90. The highest BCUT2D eigenvalue weighted by Crippen LogP contribution is 2.28. The zero-order chi connectivity index (χ0) is 22.0. The fraction of sp³-hybridized carbons (Fsp3) is 0.320. The maximum absolute atomic E-state index is 13.1. The Morgan fingerprint density at radius 1 is 1.06 bits per heavy atom. The molecule has 2 heterocycles. The zero-order valence-corrected chi connectivity index (χ0v) is 18.1. The normalized spacial score (nSPS) is 15.0. The van der Waals surface area contributed by atoms with Gasteiger partial charge in [0, 0.05) is 24.0 Å². The van der Waals surface area contributed by atoms with Crippen molar-refractivity contribution in [1.82, 2.24) is 9.88 Å². The van der Waals surface area contributed by atoms with Gasteiger partial charge in [-0.05, 0) is 38.5 Å². The number of hydrogen-bond acceptors (Lipinski definition) is 5. The van der Waals surface area contributed by atoms with Gasteiger partial charge in [-0.3, -0.25) is 4.79 Å². The molecule has 1 aliphatic heterocycles. The van der Waals surface area contributed by atoms with E-state index in [2.05, 4.69) is 6.07 Å². The van der Waals surface area contributed by atoms with E-state index in [-0.39, 0.29) is 5.91 Å². The van der Waals surface area contributed by atoms with E-state index in [0.29, 0.717) is 48.5 Å². The van der Waals surface area contributed by atoms with Gasteiger partial charge in [-0.1, -0.05) is 42.0 Å². The summed E-state index contributed by atoms with van der Waals surface area (Å²) in [6.07, 6.45) is -0.873. The van der Waals surface area contributed by atoms with Crippen LogP contribution in [0.2, 0.25) is 0 Å². The third-order valence-electron chi connectivity index (χ3n) is 5.55. The number of para-hydroxylation sites is 1. The van der Waals surface area contributed by atoms with E-state index in [1.165, 1.54) is 0 Å². The molecule has 0 N–H and O–H groups in total. The minimum atomic E-state index is -0.873. The van der Waals surface area contributed by atoms with Crippen molar-refractivity contribution in [3.8, 4) is 11.3 Å². The predicted octanol–water partition coefficient (Wildman–Crippen LogP) is 3.92. The Morgan fingerprint density at radius 2 is 1.81 bits per heavy atom. The molecule has 0 aliphatic carbocycles. The summed E-state index contributed by atoms with van der Waals surface area (Å²) in [5, 5.41) is 0.701. The summed E-state index contributed by atoms with van der Waals surface area (Å²) in [6, 6.07) is 15.4. The topological polar surface area (TPSA) is 68.7 Å². The van der Waals surface area contributed by atoms with E-state index in [0.717, 1.165) is 16.7 Å². The average Bonchev–Trinajstić information content (AvgIpc) is 2.78. The van der Waals surface area contributed by atoms with Gasteiger partial charge in [-0.2, -0.15) is 0 Å². The number of amides is 1. The third kappa shape index (κ3) is 4.44. The number of ether oxygens (including phenoxy) is 2. The lowest BCUT2D eigenvalue weighted by Gasteiger charge is -2.29. The van der Waals surface area contributed by atoms with Crippen molar-refractivity contribution >= 4 is 22.8 Å². The molecular formula is C25H26N2O4. The number of carbonyl (C=O) groups excluding carboxylic acids is 2. The number of benzene rings is 2. The molecule has 160 valence electrons. The predicted molar refractivity (Wildman–Crippen MR) is 119 cm³/mol. The molecule has 0 spiro atoms. The van der Waals surface area contributed by atoms with Crippen LogP contribution in [0.3, 0.4) is 0 Å². The highest BCUT2D eigenvalue weighted by molar-refractivity contribution is 6.05. The first kappa shape index (κ1) is 21.0. The summed E-state index contributed by atoms with van der Waals surface area (Å²) in [7, 11) is 0. The van der Waals surface area contributed by atoms with Crippen molar-refractivity contribution in [2.75, 3.05) is 26.3 Å². The van der Waals surface area contributed by atoms with Crippen LogP contribution in [-0.4, -0.2) is 54.2 Å². The molecule has 1 aromatic heterocycles. The summed E-state index contributed by atoms with van der Waals surface area (Å²) in [5.41, 5.74) is 5.02. The molecule has 0 bridgehead atoms. The second-order valence-electron chi connectivity index (χ2n) is 7.88. The standard InChI is InChI=1S/C25H26N2O4/c1-16-8-9-19(17(2)14-16)23-15-21(20-6-4-5-7-22(20)26-23)25(29)31-18(3)24(28)27-10-12-30-13-11-27/h4-9,14-15,18H,10-13H2,1-3H3.